The van der Waals surface area contributed by atoms with Gasteiger partial charge in [-0.3, -0.25) is 10.1 Å². The van der Waals surface area contributed by atoms with Gasteiger partial charge in [0.1, 0.15) is 5.75 Å². The van der Waals surface area contributed by atoms with Crippen LogP contribution in [-0.2, 0) is 14.3 Å². The Hall–Kier alpha value is -3.45. The molecule has 0 aliphatic rings. The molecule has 1 atom stereocenters. The molecule has 3 aromatic rings. The van der Waals surface area contributed by atoms with Crippen LogP contribution in [0.25, 0.3) is 17.3 Å². The smallest absolute Gasteiger partial charge is 0.331 e. The summed E-state index contributed by atoms with van der Waals surface area (Å²) in [5, 5.41) is 4.99. The minimum atomic E-state index is -0.952. The Labute approximate surface area is 172 Å². The number of hydrogen-bond acceptors (Lipinski definition) is 6. The first-order valence-corrected chi connectivity index (χ1v) is 9.77. The molecule has 1 N–H and O–H groups in total. The molecule has 7 heteroatoms. The lowest BCUT2D eigenvalue weighted by molar-refractivity contribution is -0.148. The van der Waals surface area contributed by atoms with Crippen molar-refractivity contribution in [2.45, 2.75) is 13.0 Å². The summed E-state index contributed by atoms with van der Waals surface area (Å²) in [5.74, 6) is -0.314. The molecule has 0 saturated carbocycles. The fourth-order valence-electron chi connectivity index (χ4n) is 2.43. The molecular weight excluding hydrogens is 388 g/mol. The number of amides is 1. The average molecular weight is 408 g/mol. The predicted octanol–water partition coefficient (Wildman–Crippen LogP) is 4.40. The van der Waals surface area contributed by atoms with Crippen molar-refractivity contribution in [3.8, 4) is 17.0 Å². The number of ether oxygens (including phenoxy) is 2. The standard InChI is InChI=1S/C22H20N2O4S/c1-15(28-20(25)13-10-16-8-11-18(27-2)12-9-16)21(26)24-22-23-19(14-29-22)17-6-4-3-5-7-17/h3-15H,1-2H3,(H,23,24,26)/b13-10+. The molecule has 0 fully saturated rings. The number of hydrogen-bond donors (Lipinski definition) is 1. The number of nitrogens with one attached hydrogen (secondary N) is 1. The van der Waals surface area contributed by atoms with Gasteiger partial charge in [0.05, 0.1) is 12.8 Å². The number of methoxy groups -OCH3 is 1. The zero-order chi connectivity index (χ0) is 20.6. The SMILES string of the molecule is COc1ccc(/C=C/C(=O)OC(C)C(=O)Nc2nc(-c3ccccc3)cs2)cc1. The molecule has 2 aromatic carbocycles. The summed E-state index contributed by atoms with van der Waals surface area (Å²) in [6.07, 6.45) is 1.94. The summed E-state index contributed by atoms with van der Waals surface area (Å²) >= 11 is 1.31. The molecule has 0 aliphatic carbocycles. The minimum Gasteiger partial charge on any atom is -0.497 e. The van der Waals surface area contributed by atoms with Gasteiger partial charge in [0, 0.05) is 17.0 Å². The van der Waals surface area contributed by atoms with E-state index in [1.807, 2.05) is 47.8 Å². The van der Waals surface area contributed by atoms with E-state index in [4.69, 9.17) is 9.47 Å². The molecule has 1 heterocycles. The van der Waals surface area contributed by atoms with Gasteiger partial charge in [-0.25, -0.2) is 9.78 Å². The number of anilines is 1. The van der Waals surface area contributed by atoms with Crippen molar-refractivity contribution in [2.24, 2.45) is 0 Å². The molecule has 0 saturated heterocycles. The van der Waals surface area contributed by atoms with Crippen molar-refractivity contribution >= 4 is 34.4 Å². The number of aromatic nitrogens is 1. The zero-order valence-electron chi connectivity index (χ0n) is 16.0. The van der Waals surface area contributed by atoms with E-state index in [9.17, 15) is 9.59 Å². The van der Waals surface area contributed by atoms with Crippen LogP contribution in [0, 0.1) is 0 Å². The number of carbonyl (C=O) groups is 2. The van der Waals surface area contributed by atoms with Crippen LogP contribution in [0.15, 0.2) is 66.1 Å². The van der Waals surface area contributed by atoms with Gasteiger partial charge in [0.25, 0.3) is 5.91 Å². The Bertz CT molecular complexity index is 997. The molecule has 0 bridgehead atoms. The van der Waals surface area contributed by atoms with E-state index >= 15 is 0 Å². The molecule has 1 aromatic heterocycles. The highest BCUT2D eigenvalue weighted by Gasteiger charge is 2.18. The second kappa shape index (κ2) is 9.66. The summed E-state index contributed by atoms with van der Waals surface area (Å²) in [5.41, 5.74) is 2.56. The summed E-state index contributed by atoms with van der Waals surface area (Å²) in [6.45, 7) is 1.51. The first-order valence-electron chi connectivity index (χ1n) is 8.89. The van der Waals surface area contributed by atoms with Crippen LogP contribution in [0.4, 0.5) is 5.13 Å². The van der Waals surface area contributed by atoms with E-state index in [-0.39, 0.29) is 0 Å². The van der Waals surface area contributed by atoms with E-state index in [2.05, 4.69) is 10.3 Å². The molecule has 0 radical (unpaired) electrons. The van der Waals surface area contributed by atoms with Gasteiger partial charge in [-0.05, 0) is 30.7 Å². The normalized spacial score (nSPS) is 11.8. The van der Waals surface area contributed by atoms with Gasteiger partial charge < -0.3 is 9.47 Å². The van der Waals surface area contributed by atoms with E-state index in [0.29, 0.717) is 5.13 Å². The first-order chi connectivity index (χ1) is 14.0. The topological polar surface area (TPSA) is 77.5 Å². The Balaban J connectivity index is 1.52. The number of esters is 1. The molecule has 1 unspecified atom stereocenters. The Morgan fingerprint density at radius 2 is 1.83 bits per heavy atom. The fraction of sp³-hybridized carbons (Fsp3) is 0.136. The van der Waals surface area contributed by atoms with Crippen molar-refractivity contribution in [3.63, 3.8) is 0 Å². The average Bonchev–Trinajstić information content (AvgIpc) is 3.21. The molecule has 3 rings (SSSR count). The zero-order valence-corrected chi connectivity index (χ0v) is 16.8. The van der Waals surface area contributed by atoms with Gasteiger partial charge in [-0.1, -0.05) is 42.5 Å². The van der Waals surface area contributed by atoms with Gasteiger partial charge in [-0.15, -0.1) is 11.3 Å². The van der Waals surface area contributed by atoms with Crippen molar-refractivity contribution in [1.82, 2.24) is 4.98 Å². The maximum absolute atomic E-state index is 12.3. The molecule has 0 spiro atoms. The largest absolute Gasteiger partial charge is 0.497 e. The van der Waals surface area contributed by atoms with Crippen molar-refractivity contribution in [2.75, 3.05) is 12.4 Å². The third kappa shape index (κ3) is 5.76. The van der Waals surface area contributed by atoms with Crippen LogP contribution >= 0.6 is 11.3 Å². The van der Waals surface area contributed by atoms with Gasteiger partial charge in [0.15, 0.2) is 11.2 Å². The molecule has 1 amide bonds. The second-order valence-electron chi connectivity index (χ2n) is 6.08. The lowest BCUT2D eigenvalue weighted by Gasteiger charge is -2.10. The maximum Gasteiger partial charge on any atom is 0.331 e. The van der Waals surface area contributed by atoms with Crippen LogP contribution in [-0.4, -0.2) is 30.1 Å². The third-order valence-corrected chi connectivity index (χ3v) is 4.75. The Kier molecular flexibility index (Phi) is 6.76. The molecule has 6 nitrogen and oxygen atoms in total. The highest BCUT2D eigenvalue weighted by molar-refractivity contribution is 7.14. The highest BCUT2D eigenvalue weighted by Crippen LogP contribution is 2.24. The van der Waals surface area contributed by atoms with Gasteiger partial charge >= 0.3 is 5.97 Å². The predicted molar refractivity (Wildman–Crippen MR) is 114 cm³/mol. The van der Waals surface area contributed by atoms with E-state index in [1.54, 1.807) is 25.3 Å². The van der Waals surface area contributed by atoms with Crippen molar-refractivity contribution in [3.05, 3.63) is 71.6 Å². The molecule has 148 valence electrons. The highest BCUT2D eigenvalue weighted by atomic mass is 32.1. The van der Waals surface area contributed by atoms with Crippen molar-refractivity contribution < 1.29 is 19.1 Å². The minimum absolute atomic E-state index is 0.440. The number of nitrogens with zero attached hydrogens (tertiary/aromatic N) is 1. The Morgan fingerprint density at radius 1 is 1.10 bits per heavy atom. The third-order valence-electron chi connectivity index (χ3n) is 3.99. The summed E-state index contributed by atoms with van der Waals surface area (Å²) in [7, 11) is 1.59. The first kappa shape index (κ1) is 20.3. The Morgan fingerprint density at radius 3 is 2.52 bits per heavy atom. The van der Waals surface area contributed by atoms with E-state index in [1.165, 1.54) is 24.3 Å². The lowest BCUT2D eigenvalue weighted by atomic mass is 10.2. The maximum atomic E-state index is 12.3. The van der Waals surface area contributed by atoms with Crippen LogP contribution in [0.2, 0.25) is 0 Å². The molecule has 29 heavy (non-hydrogen) atoms. The van der Waals surface area contributed by atoms with Crippen LogP contribution in [0.5, 0.6) is 5.75 Å². The van der Waals surface area contributed by atoms with Crippen LogP contribution < -0.4 is 10.1 Å². The summed E-state index contributed by atoms with van der Waals surface area (Å²) < 4.78 is 10.2. The van der Waals surface area contributed by atoms with Gasteiger partial charge in [0.2, 0.25) is 0 Å². The van der Waals surface area contributed by atoms with Crippen molar-refractivity contribution in [1.29, 1.82) is 0 Å². The number of thiazole rings is 1. The monoisotopic (exact) mass is 408 g/mol. The number of carbonyl (C=O) groups excluding carboxylic acids is 2. The number of benzene rings is 2. The van der Waals surface area contributed by atoms with Crippen LogP contribution in [0.3, 0.4) is 0 Å². The summed E-state index contributed by atoms with van der Waals surface area (Å²) in [6, 6.07) is 16.9. The lowest BCUT2D eigenvalue weighted by Crippen LogP contribution is -2.29. The molecule has 0 aliphatic heterocycles. The number of rotatable bonds is 7. The molecular formula is C22H20N2O4S. The quantitative estimate of drug-likeness (QED) is 0.463. The van der Waals surface area contributed by atoms with E-state index < -0.39 is 18.0 Å². The summed E-state index contributed by atoms with van der Waals surface area (Å²) in [4.78, 5) is 28.6. The second-order valence-corrected chi connectivity index (χ2v) is 6.94. The van der Waals surface area contributed by atoms with Crippen LogP contribution in [0.1, 0.15) is 12.5 Å². The fourth-order valence-corrected chi connectivity index (χ4v) is 3.15. The van der Waals surface area contributed by atoms with Gasteiger partial charge in [-0.2, -0.15) is 0 Å². The van der Waals surface area contributed by atoms with E-state index in [0.717, 1.165) is 22.6 Å².